The number of aliphatic hydroxyl groups excluding tert-OH is 1. The Morgan fingerprint density at radius 3 is 2.60 bits per heavy atom. The van der Waals surface area contributed by atoms with Crippen LogP contribution in [-0.2, 0) is 0 Å². The van der Waals surface area contributed by atoms with Crippen LogP contribution >= 0.6 is 0 Å². The molecule has 0 aliphatic carbocycles. The first-order valence-corrected chi connectivity index (χ1v) is 7.62. The van der Waals surface area contributed by atoms with Gasteiger partial charge in [-0.05, 0) is 39.8 Å². The van der Waals surface area contributed by atoms with Crippen molar-refractivity contribution in [3.63, 3.8) is 0 Å². The minimum absolute atomic E-state index is 0.255. The van der Waals surface area contributed by atoms with Crippen molar-refractivity contribution in [1.29, 1.82) is 0 Å². The third-order valence-corrected chi connectivity index (χ3v) is 4.73. The highest BCUT2D eigenvalue weighted by Gasteiger charge is 2.36. The molecule has 5 heteroatoms. The van der Waals surface area contributed by atoms with E-state index in [9.17, 15) is 5.11 Å². The molecule has 2 atom stereocenters. The zero-order valence-electron chi connectivity index (χ0n) is 12.4. The topological polar surface area (TPSA) is 52.5 Å². The van der Waals surface area contributed by atoms with Gasteiger partial charge in [-0.15, -0.1) is 0 Å². The van der Waals surface area contributed by atoms with E-state index in [1.54, 1.807) is 6.33 Å². The Morgan fingerprint density at radius 2 is 1.85 bits per heavy atom. The number of β-amino-alcohol motifs (C(OH)–C–C–N with tert-alkyl or cyclic N) is 1. The Bertz CT molecular complexity index is 473. The Morgan fingerprint density at radius 1 is 1.10 bits per heavy atom. The summed E-state index contributed by atoms with van der Waals surface area (Å²) >= 11 is 0. The van der Waals surface area contributed by atoms with Gasteiger partial charge in [-0.3, -0.25) is 4.90 Å². The van der Waals surface area contributed by atoms with Crippen molar-refractivity contribution in [2.75, 3.05) is 31.1 Å². The van der Waals surface area contributed by atoms with Gasteiger partial charge in [-0.2, -0.15) is 0 Å². The summed E-state index contributed by atoms with van der Waals surface area (Å²) in [6.07, 6.45) is 5.19. The summed E-state index contributed by atoms with van der Waals surface area (Å²) in [6, 6.07) is 0.255. The van der Waals surface area contributed by atoms with Crippen LogP contribution in [0.15, 0.2) is 6.33 Å². The van der Waals surface area contributed by atoms with E-state index in [4.69, 9.17) is 0 Å². The number of rotatable bonds is 2. The number of likely N-dealkylation sites (tertiary alicyclic amines) is 1. The first-order chi connectivity index (χ1) is 9.66. The normalized spacial score (nSPS) is 28.1. The minimum Gasteiger partial charge on any atom is -0.390 e. The molecule has 1 aromatic rings. The zero-order chi connectivity index (χ0) is 14.1. The van der Waals surface area contributed by atoms with Crippen LogP contribution in [0.1, 0.15) is 30.5 Å². The van der Waals surface area contributed by atoms with E-state index in [0.29, 0.717) is 6.54 Å². The molecule has 0 aromatic carbocycles. The Hall–Kier alpha value is -1.20. The molecule has 2 saturated heterocycles. The van der Waals surface area contributed by atoms with Gasteiger partial charge >= 0.3 is 0 Å². The molecule has 0 radical (unpaired) electrons. The van der Waals surface area contributed by atoms with Crippen LogP contribution in [0.25, 0.3) is 0 Å². The molecule has 2 aliphatic rings. The van der Waals surface area contributed by atoms with E-state index < -0.39 is 0 Å². The van der Waals surface area contributed by atoms with Crippen LogP contribution in [0.3, 0.4) is 0 Å². The standard InChI is InChI=1S/C15H24N4O/c1-11-12(2)16-10-17-15(11)19-8-13(14(20)9-19)18-6-4-3-5-7-18/h10,13-14,20H,3-9H2,1-2H3. The van der Waals surface area contributed by atoms with E-state index in [2.05, 4.69) is 26.7 Å². The van der Waals surface area contributed by atoms with E-state index in [1.807, 2.05) is 6.92 Å². The Labute approximate surface area is 120 Å². The maximum absolute atomic E-state index is 10.4. The molecule has 3 heterocycles. The monoisotopic (exact) mass is 276 g/mol. The summed E-state index contributed by atoms with van der Waals surface area (Å²) in [6.45, 7) is 7.87. The van der Waals surface area contributed by atoms with Crippen LogP contribution < -0.4 is 4.90 Å². The van der Waals surface area contributed by atoms with E-state index in [-0.39, 0.29) is 12.1 Å². The molecule has 5 nitrogen and oxygen atoms in total. The fourth-order valence-corrected chi connectivity index (χ4v) is 3.40. The van der Waals surface area contributed by atoms with Gasteiger partial charge in [0.25, 0.3) is 0 Å². The van der Waals surface area contributed by atoms with Crippen LogP contribution in [0.5, 0.6) is 0 Å². The molecule has 1 aromatic heterocycles. The van der Waals surface area contributed by atoms with Crippen molar-refractivity contribution in [3.05, 3.63) is 17.6 Å². The van der Waals surface area contributed by atoms with Gasteiger partial charge in [0.1, 0.15) is 12.1 Å². The maximum Gasteiger partial charge on any atom is 0.135 e. The minimum atomic E-state index is -0.275. The maximum atomic E-state index is 10.4. The molecular weight excluding hydrogens is 252 g/mol. The van der Waals surface area contributed by atoms with Crippen LogP contribution in [0.4, 0.5) is 5.82 Å². The molecule has 0 bridgehead atoms. The summed E-state index contributed by atoms with van der Waals surface area (Å²) in [5, 5.41) is 10.4. The highest BCUT2D eigenvalue weighted by atomic mass is 16.3. The van der Waals surface area contributed by atoms with Crippen molar-refractivity contribution in [3.8, 4) is 0 Å². The molecule has 3 rings (SSSR count). The van der Waals surface area contributed by atoms with Gasteiger partial charge < -0.3 is 10.0 Å². The first kappa shape index (κ1) is 13.8. The predicted molar refractivity (Wildman–Crippen MR) is 78.9 cm³/mol. The summed E-state index contributed by atoms with van der Waals surface area (Å²) in [5.74, 6) is 0.982. The fourth-order valence-electron chi connectivity index (χ4n) is 3.40. The lowest BCUT2D eigenvalue weighted by Crippen LogP contribution is -2.45. The number of hydrogen-bond acceptors (Lipinski definition) is 5. The van der Waals surface area contributed by atoms with Crippen molar-refractivity contribution in [1.82, 2.24) is 14.9 Å². The number of piperidine rings is 1. The van der Waals surface area contributed by atoms with Crippen molar-refractivity contribution in [2.24, 2.45) is 0 Å². The molecule has 20 heavy (non-hydrogen) atoms. The number of aliphatic hydroxyl groups is 1. The van der Waals surface area contributed by atoms with Gasteiger partial charge in [0.05, 0.1) is 12.1 Å². The lowest BCUT2D eigenvalue weighted by Gasteiger charge is -2.33. The molecule has 2 aliphatic heterocycles. The number of nitrogens with zero attached hydrogens (tertiary/aromatic N) is 4. The lowest BCUT2D eigenvalue weighted by atomic mass is 10.1. The third-order valence-electron chi connectivity index (χ3n) is 4.73. The summed E-state index contributed by atoms with van der Waals surface area (Å²) < 4.78 is 0. The van der Waals surface area contributed by atoms with Crippen molar-refractivity contribution in [2.45, 2.75) is 45.3 Å². The van der Waals surface area contributed by atoms with Gasteiger partial charge in [0, 0.05) is 24.3 Å². The molecule has 110 valence electrons. The fraction of sp³-hybridized carbons (Fsp3) is 0.733. The molecule has 1 N–H and O–H groups in total. The van der Waals surface area contributed by atoms with E-state index in [0.717, 1.165) is 36.7 Å². The smallest absolute Gasteiger partial charge is 0.135 e. The summed E-state index contributed by atoms with van der Waals surface area (Å²) in [5.41, 5.74) is 2.14. The van der Waals surface area contributed by atoms with Crippen LogP contribution in [-0.4, -0.2) is 58.3 Å². The second kappa shape index (κ2) is 5.66. The van der Waals surface area contributed by atoms with E-state index in [1.165, 1.54) is 19.3 Å². The predicted octanol–water partition coefficient (Wildman–Crippen LogP) is 1.13. The molecule has 0 amide bonds. The van der Waals surface area contributed by atoms with Gasteiger partial charge in [-0.25, -0.2) is 9.97 Å². The molecule has 0 spiro atoms. The SMILES string of the molecule is Cc1ncnc(N2CC(O)C(N3CCCCC3)C2)c1C. The van der Waals surface area contributed by atoms with Gasteiger partial charge in [-0.1, -0.05) is 6.42 Å². The zero-order valence-corrected chi connectivity index (χ0v) is 12.4. The van der Waals surface area contributed by atoms with Crippen molar-refractivity contribution < 1.29 is 5.11 Å². The van der Waals surface area contributed by atoms with Gasteiger partial charge in [0.15, 0.2) is 0 Å². The summed E-state index contributed by atoms with van der Waals surface area (Å²) in [7, 11) is 0. The van der Waals surface area contributed by atoms with Crippen molar-refractivity contribution >= 4 is 5.82 Å². The van der Waals surface area contributed by atoms with E-state index >= 15 is 0 Å². The molecule has 0 saturated carbocycles. The number of hydrogen-bond donors (Lipinski definition) is 1. The quantitative estimate of drug-likeness (QED) is 0.877. The van der Waals surface area contributed by atoms with Crippen LogP contribution in [0.2, 0.25) is 0 Å². The Kier molecular flexibility index (Phi) is 3.89. The average molecular weight is 276 g/mol. The number of anilines is 1. The van der Waals surface area contributed by atoms with Crippen LogP contribution in [0, 0.1) is 13.8 Å². The largest absolute Gasteiger partial charge is 0.390 e. The third kappa shape index (κ3) is 2.52. The Balaban J connectivity index is 1.75. The molecular formula is C15H24N4O. The average Bonchev–Trinajstić information content (AvgIpc) is 2.85. The number of aryl methyl sites for hydroxylation is 1. The second-order valence-corrected chi connectivity index (χ2v) is 6.04. The lowest BCUT2D eigenvalue weighted by molar-refractivity contribution is 0.0706. The summed E-state index contributed by atoms with van der Waals surface area (Å²) in [4.78, 5) is 13.3. The number of aromatic nitrogens is 2. The highest BCUT2D eigenvalue weighted by molar-refractivity contribution is 5.49. The van der Waals surface area contributed by atoms with Gasteiger partial charge in [0.2, 0.25) is 0 Å². The first-order valence-electron chi connectivity index (χ1n) is 7.62. The molecule has 2 fully saturated rings. The molecule has 2 unspecified atom stereocenters. The highest BCUT2D eigenvalue weighted by Crippen LogP contribution is 2.26. The second-order valence-electron chi connectivity index (χ2n) is 6.04.